The van der Waals surface area contributed by atoms with Gasteiger partial charge in [-0.15, -0.1) is 0 Å². The van der Waals surface area contributed by atoms with Crippen LogP contribution in [-0.2, 0) is 19.5 Å². The summed E-state index contributed by atoms with van der Waals surface area (Å²) in [4.78, 5) is 41.1. The van der Waals surface area contributed by atoms with E-state index in [9.17, 15) is 9.59 Å². The van der Waals surface area contributed by atoms with E-state index in [4.69, 9.17) is 16.1 Å². The third-order valence-corrected chi connectivity index (χ3v) is 5.13. The topological polar surface area (TPSA) is 124 Å². The molecular formula is C20H22ClN7O3. The van der Waals surface area contributed by atoms with Crippen molar-refractivity contribution >= 4 is 22.8 Å². The first-order valence-corrected chi connectivity index (χ1v) is 10.6. The fourth-order valence-electron chi connectivity index (χ4n) is 3.36. The Kier molecular flexibility index (Phi) is 6.26. The summed E-state index contributed by atoms with van der Waals surface area (Å²) in [5.41, 5.74) is 0.408. The molecule has 162 valence electrons. The molecule has 0 fully saturated rings. The van der Waals surface area contributed by atoms with Gasteiger partial charge in [-0.3, -0.25) is 18.9 Å². The second kappa shape index (κ2) is 9.25. The number of nitrogens with zero attached hydrogens (tertiary/aromatic N) is 6. The number of pyridine rings is 1. The van der Waals surface area contributed by atoms with Crippen LogP contribution in [0, 0.1) is 0 Å². The Balaban J connectivity index is 1.46. The summed E-state index contributed by atoms with van der Waals surface area (Å²) in [6.07, 6.45) is 5.18. The maximum Gasteiger partial charge on any atom is 0.332 e. The van der Waals surface area contributed by atoms with Crippen LogP contribution in [0.3, 0.4) is 0 Å². The van der Waals surface area contributed by atoms with Gasteiger partial charge in [0, 0.05) is 25.7 Å². The minimum atomic E-state index is -0.414. The van der Waals surface area contributed by atoms with Gasteiger partial charge in [-0.25, -0.2) is 4.79 Å². The van der Waals surface area contributed by atoms with Gasteiger partial charge in [0.2, 0.25) is 17.0 Å². The van der Waals surface area contributed by atoms with Gasteiger partial charge in [-0.1, -0.05) is 24.6 Å². The molecule has 0 unspecified atom stereocenters. The van der Waals surface area contributed by atoms with Gasteiger partial charge < -0.3 is 9.51 Å². The minimum absolute atomic E-state index is 0.0922. The largest absolute Gasteiger partial charge is 0.339 e. The number of aryl methyl sites for hydroxylation is 2. The lowest BCUT2D eigenvalue weighted by molar-refractivity contribution is 0.372. The molecule has 0 radical (unpaired) electrons. The van der Waals surface area contributed by atoms with E-state index < -0.39 is 5.56 Å². The number of fused-ring (bicyclic) bond motifs is 1. The van der Waals surface area contributed by atoms with Crippen molar-refractivity contribution in [2.24, 2.45) is 0 Å². The van der Waals surface area contributed by atoms with Crippen LogP contribution in [0.2, 0.25) is 5.28 Å². The molecule has 4 aromatic heterocycles. The summed E-state index contributed by atoms with van der Waals surface area (Å²) in [5.74, 6) is 0.927. The normalized spacial score (nSPS) is 11.4. The molecule has 4 heterocycles. The van der Waals surface area contributed by atoms with Crippen molar-refractivity contribution in [3.63, 3.8) is 0 Å². The van der Waals surface area contributed by atoms with Crippen molar-refractivity contribution in [3.8, 4) is 11.5 Å². The smallest absolute Gasteiger partial charge is 0.332 e. The Morgan fingerprint density at radius 1 is 1.10 bits per heavy atom. The van der Waals surface area contributed by atoms with Crippen LogP contribution in [0.15, 0.2) is 38.5 Å². The lowest BCUT2D eigenvalue weighted by atomic mass is 10.2. The molecule has 1 N–H and O–H groups in total. The average Bonchev–Trinajstić information content (AvgIpc) is 3.40. The molecule has 0 saturated heterocycles. The first-order chi connectivity index (χ1) is 15.1. The molecule has 31 heavy (non-hydrogen) atoms. The zero-order valence-electron chi connectivity index (χ0n) is 17.0. The number of rotatable bonds is 9. The standard InChI is InChI=1S/C20H22ClN7O3/c1-2-3-11-27-17-15(24-19(21)25-17)18(29)28(20(27)30)12-7-5-9-14-23-16(26-31-14)13-8-4-6-10-22-13/h4,6,8,10H,2-3,5,7,9,11-12H2,1H3,(H,24,25). The van der Waals surface area contributed by atoms with Crippen molar-refractivity contribution in [2.45, 2.75) is 52.1 Å². The first kappa shape index (κ1) is 21.0. The molecule has 0 saturated carbocycles. The van der Waals surface area contributed by atoms with Gasteiger partial charge in [-0.05, 0) is 43.0 Å². The molecule has 11 heteroatoms. The van der Waals surface area contributed by atoms with Crippen molar-refractivity contribution in [1.29, 1.82) is 0 Å². The quantitative estimate of drug-likeness (QED) is 0.311. The number of imidazole rings is 1. The summed E-state index contributed by atoms with van der Waals surface area (Å²) in [6, 6.07) is 5.48. The van der Waals surface area contributed by atoms with E-state index in [0.29, 0.717) is 48.9 Å². The first-order valence-electron chi connectivity index (χ1n) is 10.2. The zero-order valence-corrected chi connectivity index (χ0v) is 17.8. The van der Waals surface area contributed by atoms with E-state index in [1.54, 1.807) is 6.20 Å². The van der Waals surface area contributed by atoms with Crippen molar-refractivity contribution < 1.29 is 4.52 Å². The summed E-state index contributed by atoms with van der Waals surface area (Å²) in [7, 11) is 0. The third kappa shape index (κ3) is 4.43. The number of H-pyrrole nitrogens is 1. The molecule has 0 amide bonds. The predicted molar refractivity (Wildman–Crippen MR) is 115 cm³/mol. The van der Waals surface area contributed by atoms with Crippen LogP contribution >= 0.6 is 11.6 Å². The molecule has 0 aliphatic rings. The maximum absolute atomic E-state index is 12.9. The summed E-state index contributed by atoms with van der Waals surface area (Å²) >= 11 is 5.95. The van der Waals surface area contributed by atoms with Crippen LogP contribution in [-0.4, -0.2) is 34.2 Å². The number of unbranched alkanes of at least 4 members (excludes halogenated alkanes) is 2. The van der Waals surface area contributed by atoms with Crippen LogP contribution in [0.1, 0.15) is 38.5 Å². The van der Waals surface area contributed by atoms with Crippen molar-refractivity contribution in [3.05, 3.63) is 56.4 Å². The molecule has 0 aromatic carbocycles. The van der Waals surface area contributed by atoms with E-state index >= 15 is 0 Å². The molecular weight excluding hydrogens is 422 g/mol. The highest BCUT2D eigenvalue weighted by Gasteiger charge is 2.17. The van der Waals surface area contributed by atoms with Gasteiger partial charge in [0.05, 0.1) is 0 Å². The van der Waals surface area contributed by atoms with Crippen LogP contribution in [0.4, 0.5) is 0 Å². The number of hydrogen-bond acceptors (Lipinski definition) is 7. The van der Waals surface area contributed by atoms with Gasteiger partial charge in [0.1, 0.15) is 5.69 Å². The van der Waals surface area contributed by atoms with Gasteiger partial charge in [-0.2, -0.15) is 9.97 Å². The highest BCUT2D eigenvalue weighted by Crippen LogP contribution is 2.14. The Labute approximate surface area is 181 Å². The van der Waals surface area contributed by atoms with Gasteiger partial charge >= 0.3 is 5.69 Å². The molecule has 10 nitrogen and oxygen atoms in total. The minimum Gasteiger partial charge on any atom is -0.339 e. The van der Waals surface area contributed by atoms with Crippen LogP contribution < -0.4 is 11.2 Å². The zero-order chi connectivity index (χ0) is 21.8. The monoisotopic (exact) mass is 443 g/mol. The van der Waals surface area contributed by atoms with Crippen LogP contribution in [0.25, 0.3) is 22.7 Å². The Morgan fingerprint density at radius 2 is 1.94 bits per heavy atom. The van der Waals surface area contributed by atoms with E-state index in [2.05, 4.69) is 25.1 Å². The van der Waals surface area contributed by atoms with Crippen molar-refractivity contribution in [2.75, 3.05) is 0 Å². The lowest BCUT2D eigenvalue weighted by Crippen LogP contribution is -2.40. The molecule has 0 bridgehead atoms. The van der Waals surface area contributed by atoms with E-state index in [1.807, 2.05) is 25.1 Å². The van der Waals surface area contributed by atoms with E-state index in [0.717, 1.165) is 12.8 Å². The fourth-order valence-corrected chi connectivity index (χ4v) is 3.53. The molecule has 0 atom stereocenters. The molecule has 4 rings (SSSR count). The van der Waals surface area contributed by atoms with E-state index in [1.165, 1.54) is 9.13 Å². The van der Waals surface area contributed by atoms with Gasteiger partial charge in [0.15, 0.2) is 11.2 Å². The predicted octanol–water partition coefficient (Wildman–Crippen LogP) is 2.81. The molecule has 0 aliphatic heterocycles. The maximum atomic E-state index is 12.9. The highest BCUT2D eigenvalue weighted by atomic mass is 35.5. The lowest BCUT2D eigenvalue weighted by Gasteiger charge is -2.10. The number of halogens is 1. The summed E-state index contributed by atoms with van der Waals surface area (Å²) in [6.45, 7) is 2.79. The van der Waals surface area contributed by atoms with E-state index in [-0.39, 0.29) is 23.0 Å². The fraction of sp³-hybridized carbons (Fsp3) is 0.400. The molecule has 4 aromatic rings. The second-order valence-corrected chi connectivity index (χ2v) is 7.51. The van der Waals surface area contributed by atoms with Gasteiger partial charge in [0.25, 0.3) is 5.56 Å². The third-order valence-electron chi connectivity index (χ3n) is 4.95. The Morgan fingerprint density at radius 3 is 2.71 bits per heavy atom. The number of aromatic nitrogens is 7. The SMILES string of the molecule is CCCCn1c(=O)n(CCCCc2nc(-c3ccccn3)no2)c(=O)c2[nH]c(Cl)nc21. The summed E-state index contributed by atoms with van der Waals surface area (Å²) < 4.78 is 8.03. The highest BCUT2D eigenvalue weighted by molar-refractivity contribution is 6.28. The van der Waals surface area contributed by atoms with Crippen molar-refractivity contribution in [1.82, 2.24) is 34.2 Å². The number of nitrogens with one attached hydrogen (secondary N) is 1. The second-order valence-electron chi connectivity index (χ2n) is 7.15. The Hall–Kier alpha value is -3.27. The van der Waals surface area contributed by atoms with Crippen LogP contribution in [0.5, 0.6) is 0 Å². The molecule has 0 spiro atoms. The number of aromatic amines is 1. The number of hydrogen-bond donors (Lipinski definition) is 1. The summed E-state index contributed by atoms with van der Waals surface area (Å²) in [5, 5.41) is 4.04. The Bertz CT molecular complexity index is 1290. The average molecular weight is 444 g/mol. The molecule has 0 aliphatic carbocycles.